The van der Waals surface area contributed by atoms with Gasteiger partial charge in [0, 0.05) is 30.0 Å². The van der Waals surface area contributed by atoms with Gasteiger partial charge in [-0.2, -0.15) is 0 Å². The first-order valence-electron chi connectivity index (χ1n) is 13.7. The minimum atomic E-state index is -0.950. The molecule has 4 rings (SSSR count). The zero-order valence-corrected chi connectivity index (χ0v) is 23.3. The number of nitrogens with zero attached hydrogens (tertiary/aromatic N) is 1. The van der Waals surface area contributed by atoms with Crippen LogP contribution in [0.5, 0.6) is 11.5 Å². The molecular weight excluding hydrogens is 480 g/mol. The number of carboxylic acid groups (broad SMARTS) is 1. The van der Waals surface area contributed by atoms with Crippen LogP contribution < -0.4 is 14.8 Å². The number of nitrogens with one attached hydrogen (secondary N) is 1. The molecule has 2 aromatic rings. The molecule has 1 saturated heterocycles. The van der Waals surface area contributed by atoms with Crippen molar-refractivity contribution in [2.24, 2.45) is 17.3 Å². The number of amides is 1. The summed E-state index contributed by atoms with van der Waals surface area (Å²) >= 11 is 0. The van der Waals surface area contributed by atoms with E-state index >= 15 is 0 Å². The Balaban J connectivity index is 1.82. The van der Waals surface area contributed by atoms with Crippen LogP contribution in [-0.2, 0) is 16.1 Å². The van der Waals surface area contributed by atoms with Crippen molar-refractivity contribution >= 4 is 11.9 Å². The molecule has 0 aromatic heterocycles. The summed E-state index contributed by atoms with van der Waals surface area (Å²) in [5, 5.41) is 14.3. The van der Waals surface area contributed by atoms with Gasteiger partial charge in [-0.05, 0) is 36.0 Å². The second-order valence-electron chi connectivity index (χ2n) is 11.7. The fraction of sp³-hybridized carbons (Fsp3) is 0.548. The molecule has 2 aliphatic rings. The number of benzene rings is 2. The molecule has 0 unspecified atom stereocenters. The SMILES string of the molecule is COc1cccc(OC)c1CN[C@H]1[C@H](C(C)(C)C)[C@@H](C(=O)O)N(C(=O)C2CCCCC2)[C@H]1c1ccccc1. The van der Waals surface area contributed by atoms with Crippen molar-refractivity contribution in [2.75, 3.05) is 14.2 Å². The Morgan fingerprint density at radius 2 is 1.55 bits per heavy atom. The lowest BCUT2D eigenvalue weighted by molar-refractivity contribution is -0.154. The summed E-state index contributed by atoms with van der Waals surface area (Å²) in [6.45, 7) is 6.62. The topological polar surface area (TPSA) is 88.1 Å². The first-order chi connectivity index (χ1) is 18.2. The molecule has 7 heteroatoms. The summed E-state index contributed by atoms with van der Waals surface area (Å²) < 4.78 is 11.3. The van der Waals surface area contributed by atoms with Gasteiger partial charge in [-0.25, -0.2) is 4.79 Å². The predicted octanol–water partition coefficient (Wildman–Crippen LogP) is 5.44. The summed E-state index contributed by atoms with van der Waals surface area (Å²) in [4.78, 5) is 28.9. The van der Waals surface area contributed by atoms with E-state index in [0.717, 1.165) is 43.2 Å². The van der Waals surface area contributed by atoms with Crippen LogP contribution in [0.25, 0.3) is 0 Å². The first kappa shape index (κ1) is 28.0. The van der Waals surface area contributed by atoms with Gasteiger partial charge in [0.2, 0.25) is 5.91 Å². The summed E-state index contributed by atoms with van der Waals surface area (Å²) in [7, 11) is 3.26. The third kappa shape index (κ3) is 5.53. The van der Waals surface area contributed by atoms with Crippen molar-refractivity contribution in [1.82, 2.24) is 10.2 Å². The van der Waals surface area contributed by atoms with Crippen molar-refractivity contribution in [3.8, 4) is 11.5 Å². The fourth-order valence-corrected chi connectivity index (χ4v) is 6.61. The molecule has 0 bridgehead atoms. The molecule has 206 valence electrons. The first-order valence-corrected chi connectivity index (χ1v) is 13.7. The number of likely N-dealkylation sites (tertiary alicyclic amines) is 1. The van der Waals surface area contributed by atoms with E-state index in [4.69, 9.17) is 9.47 Å². The van der Waals surface area contributed by atoms with Gasteiger partial charge >= 0.3 is 5.97 Å². The third-order valence-corrected chi connectivity index (χ3v) is 8.31. The van der Waals surface area contributed by atoms with Crippen LogP contribution in [0.3, 0.4) is 0 Å². The average Bonchev–Trinajstić information content (AvgIpc) is 3.28. The van der Waals surface area contributed by atoms with E-state index in [1.165, 1.54) is 0 Å². The number of ether oxygens (including phenoxy) is 2. The Bertz CT molecular complexity index is 1080. The molecule has 38 heavy (non-hydrogen) atoms. The second kappa shape index (κ2) is 11.8. The van der Waals surface area contributed by atoms with Crippen LogP contribution in [0.15, 0.2) is 48.5 Å². The molecule has 2 N–H and O–H groups in total. The fourth-order valence-electron chi connectivity index (χ4n) is 6.61. The molecule has 2 fully saturated rings. The third-order valence-electron chi connectivity index (χ3n) is 8.31. The average molecular weight is 523 g/mol. The molecule has 0 radical (unpaired) electrons. The summed E-state index contributed by atoms with van der Waals surface area (Å²) in [6.07, 6.45) is 4.79. The highest BCUT2D eigenvalue weighted by atomic mass is 16.5. The minimum Gasteiger partial charge on any atom is -0.496 e. The van der Waals surface area contributed by atoms with Crippen LogP contribution in [0.1, 0.15) is 70.0 Å². The summed E-state index contributed by atoms with van der Waals surface area (Å²) in [5.41, 5.74) is 1.42. The lowest BCUT2D eigenvalue weighted by Gasteiger charge is -2.36. The number of rotatable bonds is 8. The van der Waals surface area contributed by atoms with Crippen molar-refractivity contribution in [3.05, 3.63) is 59.7 Å². The molecule has 0 spiro atoms. The summed E-state index contributed by atoms with van der Waals surface area (Å²) in [6, 6.07) is 13.9. The quantitative estimate of drug-likeness (QED) is 0.480. The van der Waals surface area contributed by atoms with Gasteiger partial charge < -0.3 is 24.8 Å². The van der Waals surface area contributed by atoms with E-state index in [1.54, 1.807) is 19.1 Å². The predicted molar refractivity (Wildman–Crippen MR) is 147 cm³/mol. The van der Waals surface area contributed by atoms with Gasteiger partial charge in [0.1, 0.15) is 17.5 Å². The minimum absolute atomic E-state index is 0.0284. The highest BCUT2D eigenvalue weighted by Crippen LogP contribution is 2.49. The Kier molecular flexibility index (Phi) is 8.66. The highest BCUT2D eigenvalue weighted by molar-refractivity contribution is 5.87. The molecule has 2 aromatic carbocycles. The van der Waals surface area contributed by atoms with Crippen LogP contribution in [0.2, 0.25) is 0 Å². The molecular formula is C31H42N2O5. The van der Waals surface area contributed by atoms with E-state index in [9.17, 15) is 14.7 Å². The van der Waals surface area contributed by atoms with Gasteiger partial charge in [0.05, 0.1) is 20.3 Å². The van der Waals surface area contributed by atoms with Crippen molar-refractivity contribution < 1.29 is 24.2 Å². The van der Waals surface area contributed by atoms with Gasteiger partial charge in [-0.1, -0.05) is 76.4 Å². The zero-order valence-electron chi connectivity index (χ0n) is 23.3. The Morgan fingerprint density at radius 3 is 2.08 bits per heavy atom. The molecule has 1 aliphatic heterocycles. The molecule has 1 saturated carbocycles. The standard InChI is InChI=1S/C31H42N2O5/c1-31(2,3)25-26(32-19-22-23(37-4)17-12-18-24(22)38-5)27(20-13-8-6-9-14-20)33(28(25)30(35)36)29(34)21-15-10-7-11-16-21/h6,8-9,12-14,17-18,21,25-28,32H,7,10-11,15-16,19H2,1-5H3,(H,35,36)/t25-,26-,27-,28-/m0/s1. The maximum absolute atomic E-state index is 14.2. The van der Waals surface area contributed by atoms with E-state index in [2.05, 4.69) is 26.1 Å². The lowest BCUT2D eigenvalue weighted by atomic mass is 9.72. The number of carbonyl (C=O) groups excluding carboxylic acids is 1. The van der Waals surface area contributed by atoms with Gasteiger partial charge in [0.25, 0.3) is 0 Å². The Hall–Kier alpha value is -3.06. The maximum Gasteiger partial charge on any atom is 0.326 e. The highest BCUT2D eigenvalue weighted by Gasteiger charge is 2.58. The number of carboxylic acids is 1. The van der Waals surface area contributed by atoms with E-state index in [-0.39, 0.29) is 29.2 Å². The van der Waals surface area contributed by atoms with E-state index in [0.29, 0.717) is 18.0 Å². The Labute approximate surface area is 226 Å². The smallest absolute Gasteiger partial charge is 0.326 e. The van der Waals surface area contributed by atoms with Crippen LogP contribution in [0.4, 0.5) is 0 Å². The number of methoxy groups -OCH3 is 2. The van der Waals surface area contributed by atoms with E-state index in [1.807, 2.05) is 48.5 Å². The van der Waals surface area contributed by atoms with Crippen molar-refractivity contribution in [1.29, 1.82) is 0 Å². The van der Waals surface area contributed by atoms with Crippen molar-refractivity contribution in [3.63, 3.8) is 0 Å². The number of hydrogen-bond donors (Lipinski definition) is 2. The largest absolute Gasteiger partial charge is 0.496 e. The molecule has 1 aliphatic carbocycles. The normalized spacial score (nSPS) is 24.3. The van der Waals surface area contributed by atoms with Gasteiger partial charge in [-0.3, -0.25) is 4.79 Å². The second-order valence-corrected chi connectivity index (χ2v) is 11.7. The van der Waals surface area contributed by atoms with Gasteiger partial charge in [0.15, 0.2) is 0 Å². The monoisotopic (exact) mass is 522 g/mol. The number of hydrogen-bond acceptors (Lipinski definition) is 5. The number of carbonyl (C=O) groups is 2. The van der Waals surface area contributed by atoms with Crippen LogP contribution >= 0.6 is 0 Å². The molecule has 7 nitrogen and oxygen atoms in total. The van der Waals surface area contributed by atoms with Crippen LogP contribution in [-0.4, -0.2) is 48.2 Å². The summed E-state index contributed by atoms with van der Waals surface area (Å²) in [5.74, 6) is -0.0517. The van der Waals surface area contributed by atoms with Crippen LogP contribution in [0, 0.1) is 17.3 Å². The molecule has 1 heterocycles. The lowest BCUT2D eigenvalue weighted by Crippen LogP contribution is -2.49. The molecule has 4 atom stereocenters. The number of aliphatic carboxylic acids is 1. The van der Waals surface area contributed by atoms with Gasteiger partial charge in [-0.15, -0.1) is 0 Å². The maximum atomic E-state index is 14.2. The van der Waals surface area contributed by atoms with E-state index < -0.39 is 18.1 Å². The van der Waals surface area contributed by atoms with Crippen molar-refractivity contribution in [2.45, 2.75) is 77.5 Å². The molecule has 1 amide bonds. The zero-order chi connectivity index (χ0) is 27.4. The Morgan fingerprint density at radius 1 is 0.947 bits per heavy atom.